The third kappa shape index (κ3) is 8.70. The molecular formula is C15H30F3IN4O. The molecule has 144 valence electrons. The predicted octanol–water partition coefficient (Wildman–Crippen LogP) is 2.61. The molecule has 9 heteroatoms. The first kappa shape index (κ1) is 23.7. The van der Waals surface area contributed by atoms with E-state index in [2.05, 4.69) is 34.4 Å². The van der Waals surface area contributed by atoms with Crippen molar-refractivity contribution < 1.29 is 17.9 Å². The molecule has 2 N–H and O–H groups in total. The van der Waals surface area contributed by atoms with Crippen molar-refractivity contribution in [3.8, 4) is 0 Å². The second kappa shape index (κ2) is 10.0. The standard InChI is InChI=1S/C15H29F3N4O.HI/c1-11-8-22(9-12(2)23-11)14(3,4)10-21-13(19-5)20-7-6-15(16,17)18;/h11-12H,6-10H2,1-5H3,(H2,19,20,21);1H. The van der Waals surface area contributed by atoms with E-state index in [1.807, 2.05) is 13.8 Å². The van der Waals surface area contributed by atoms with Gasteiger partial charge in [-0.2, -0.15) is 13.2 Å². The van der Waals surface area contributed by atoms with Gasteiger partial charge in [0.1, 0.15) is 0 Å². The fraction of sp³-hybridized carbons (Fsp3) is 0.933. The molecule has 0 bridgehead atoms. The van der Waals surface area contributed by atoms with Crippen molar-refractivity contribution in [2.75, 3.05) is 33.2 Å². The molecule has 0 aromatic carbocycles. The number of ether oxygens (including phenoxy) is 1. The minimum absolute atomic E-state index is 0. The highest BCUT2D eigenvalue weighted by molar-refractivity contribution is 14.0. The van der Waals surface area contributed by atoms with Gasteiger partial charge in [0.05, 0.1) is 18.6 Å². The normalized spacial score (nSPS) is 23.6. The summed E-state index contributed by atoms with van der Waals surface area (Å²) < 4.78 is 42.3. The van der Waals surface area contributed by atoms with E-state index >= 15 is 0 Å². The van der Waals surface area contributed by atoms with Gasteiger partial charge in [0, 0.05) is 38.8 Å². The van der Waals surface area contributed by atoms with Crippen LogP contribution in [0.4, 0.5) is 13.2 Å². The molecule has 2 atom stereocenters. The third-order valence-corrected chi connectivity index (χ3v) is 3.89. The summed E-state index contributed by atoms with van der Waals surface area (Å²) in [5.41, 5.74) is -0.159. The number of morpholine rings is 1. The van der Waals surface area contributed by atoms with Gasteiger partial charge >= 0.3 is 6.18 Å². The van der Waals surface area contributed by atoms with Crippen LogP contribution >= 0.6 is 24.0 Å². The van der Waals surface area contributed by atoms with Gasteiger partial charge in [0.15, 0.2) is 5.96 Å². The number of rotatable bonds is 5. The smallest absolute Gasteiger partial charge is 0.373 e. The Kier molecular flexibility index (Phi) is 9.88. The van der Waals surface area contributed by atoms with E-state index in [1.54, 1.807) is 7.05 Å². The fourth-order valence-electron chi connectivity index (χ4n) is 2.63. The number of alkyl halides is 3. The van der Waals surface area contributed by atoms with Crippen molar-refractivity contribution in [3.05, 3.63) is 0 Å². The van der Waals surface area contributed by atoms with Gasteiger partial charge in [0.25, 0.3) is 0 Å². The average Bonchev–Trinajstić information content (AvgIpc) is 2.40. The average molecular weight is 466 g/mol. The highest BCUT2D eigenvalue weighted by Crippen LogP contribution is 2.21. The molecule has 0 amide bonds. The molecule has 2 unspecified atom stereocenters. The van der Waals surface area contributed by atoms with Crippen LogP contribution in [0.2, 0.25) is 0 Å². The molecule has 1 fully saturated rings. The Morgan fingerprint density at radius 1 is 1.17 bits per heavy atom. The summed E-state index contributed by atoms with van der Waals surface area (Å²) in [6.07, 6.45) is -4.70. The number of nitrogens with one attached hydrogen (secondary N) is 2. The third-order valence-electron chi connectivity index (χ3n) is 3.89. The lowest BCUT2D eigenvalue weighted by atomic mass is 10.00. The lowest BCUT2D eigenvalue weighted by molar-refractivity contribution is -0.132. The Morgan fingerprint density at radius 2 is 1.71 bits per heavy atom. The molecule has 24 heavy (non-hydrogen) atoms. The lowest BCUT2D eigenvalue weighted by Gasteiger charge is -2.45. The molecule has 1 heterocycles. The van der Waals surface area contributed by atoms with E-state index in [9.17, 15) is 13.2 Å². The first-order valence-corrected chi connectivity index (χ1v) is 7.95. The van der Waals surface area contributed by atoms with E-state index in [1.165, 1.54) is 0 Å². The largest absolute Gasteiger partial charge is 0.390 e. The maximum atomic E-state index is 12.2. The van der Waals surface area contributed by atoms with Gasteiger partial charge in [-0.15, -0.1) is 24.0 Å². The zero-order chi connectivity index (χ0) is 17.7. The molecule has 1 aliphatic heterocycles. The van der Waals surface area contributed by atoms with Crippen LogP contribution in [0, 0.1) is 0 Å². The Hall–Kier alpha value is -0.290. The van der Waals surface area contributed by atoms with Gasteiger partial charge in [0.2, 0.25) is 0 Å². The maximum Gasteiger partial charge on any atom is 0.390 e. The molecule has 1 saturated heterocycles. The summed E-state index contributed by atoms with van der Waals surface area (Å²) in [5.74, 6) is 0.386. The number of guanidine groups is 1. The summed E-state index contributed by atoms with van der Waals surface area (Å²) in [7, 11) is 1.55. The van der Waals surface area contributed by atoms with Crippen molar-refractivity contribution in [3.63, 3.8) is 0 Å². The fourth-order valence-corrected chi connectivity index (χ4v) is 2.63. The minimum atomic E-state index is -4.16. The molecule has 5 nitrogen and oxygen atoms in total. The van der Waals surface area contributed by atoms with Gasteiger partial charge in [-0.05, 0) is 27.7 Å². The van der Waals surface area contributed by atoms with Crippen LogP contribution < -0.4 is 10.6 Å². The Morgan fingerprint density at radius 3 is 2.17 bits per heavy atom. The summed E-state index contributed by atoms with van der Waals surface area (Å²) in [6, 6.07) is 0. The SMILES string of the molecule is CN=C(NCCC(F)(F)F)NCC(C)(C)N1CC(C)OC(C)C1.I. The summed E-state index contributed by atoms with van der Waals surface area (Å²) >= 11 is 0. The van der Waals surface area contributed by atoms with Crippen molar-refractivity contribution in [1.82, 2.24) is 15.5 Å². The van der Waals surface area contributed by atoms with Crippen LogP contribution in [0.25, 0.3) is 0 Å². The van der Waals surface area contributed by atoms with Gasteiger partial charge in [-0.25, -0.2) is 0 Å². The van der Waals surface area contributed by atoms with E-state index < -0.39 is 12.6 Å². The first-order valence-electron chi connectivity index (χ1n) is 7.95. The van der Waals surface area contributed by atoms with Crippen LogP contribution in [-0.4, -0.2) is 68.0 Å². The van der Waals surface area contributed by atoms with Crippen LogP contribution in [0.3, 0.4) is 0 Å². The molecule has 0 saturated carbocycles. The van der Waals surface area contributed by atoms with Crippen molar-refractivity contribution in [2.24, 2.45) is 4.99 Å². The highest BCUT2D eigenvalue weighted by Gasteiger charge is 2.33. The minimum Gasteiger partial charge on any atom is -0.373 e. The lowest BCUT2D eigenvalue weighted by Crippen LogP contribution is -2.59. The van der Waals surface area contributed by atoms with Gasteiger partial charge in [-0.1, -0.05) is 0 Å². The second-order valence-corrected chi connectivity index (χ2v) is 6.69. The van der Waals surface area contributed by atoms with Crippen molar-refractivity contribution in [2.45, 2.75) is 58.0 Å². The van der Waals surface area contributed by atoms with Gasteiger partial charge < -0.3 is 15.4 Å². The van der Waals surface area contributed by atoms with E-state index in [4.69, 9.17) is 4.74 Å². The molecule has 0 aromatic rings. The zero-order valence-electron chi connectivity index (χ0n) is 15.0. The Labute approximate surface area is 159 Å². The summed E-state index contributed by atoms with van der Waals surface area (Å²) in [6.45, 7) is 10.4. The monoisotopic (exact) mass is 466 g/mol. The molecule has 0 spiro atoms. The predicted molar refractivity (Wildman–Crippen MR) is 101 cm³/mol. The van der Waals surface area contributed by atoms with E-state index in [0.717, 1.165) is 13.1 Å². The molecule has 1 aliphatic rings. The Balaban J connectivity index is 0.00000529. The van der Waals surface area contributed by atoms with Crippen molar-refractivity contribution in [1.29, 1.82) is 0 Å². The van der Waals surface area contributed by atoms with Gasteiger partial charge in [-0.3, -0.25) is 9.89 Å². The number of halogens is 4. The number of nitrogens with zero attached hydrogens (tertiary/aromatic N) is 2. The number of aliphatic imine (C=N–C) groups is 1. The molecular weight excluding hydrogens is 436 g/mol. The van der Waals surface area contributed by atoms with Crippen molar-refractivity contribution >= 4 is 29.9 Å². The molecule has 0 radical (unpaired) electrons. The van der Waals surface area contributed by atoms with Crippen LogP contribution in [-0.2, 0) is 4.74 Å². The van der Waals surface area contributed by atoms with E-state index in [0.29, 0.717) is 12.5 Å². The summed E-state index contributed by atoms with van der Waals surface area (Å²) in [5, 5.41) is 5.81. The topological polar surface area (TPSA) is 48.9 Å². The first-order chi connectivity index (χ1) is 10.5. The quantitative estimate of drug-likeness (QED) is 0.372. The number of hydrogen-bond donors (Lipinski definition) is 2. The Bertz CT molecular complexity index is 395. The molecule has 0 aromatic heterocycles. The zero-order valence-corrected chi connectivity index (χ0v) is 17.4. The van der Waals surface area contributed by atoms with Crippen LogP contribution in [0.1, 0.15) is 34.1 Å². The number of hydrogen-bond acceptors (Lipinski definition) is 3. The molecule has 0 aliphatic carbocycles. The van der Waals surface area contributed by atoms with Crippen LogP contribution in [0.5, 0.6) is 0 Å². The second-order valence-electron chi connectivity index (χ2n) is 6.69. The summed E-state index contributed by atoms with van der Waals surface area (Å²) in [4.78, 5) is 6.30. The highest BCUT2D eigenvalue weighted by atomic mass is 127. The van der Waals surface area contributed by atoms with Crippen LogP contribution in [0.15, 0.2) is 4.99 Å². The van der Waals surface area contributed by atoms with E-state index in [-0.39, 0.29) is 48.3 Å². The molecule has 1 rings (SSSR count). The maximum absolute atomic E-state index is 12.2.